The van der Waals surface area contributed by atoms with Gasteiger partial charge < -0.3 is 14.6 Å². The van der Waals surface area contributed by atoms with Crippen molar-refractivity contribution in [2.24, 2.45) is 0 Å². The fourth-order valence-corrected chi connectivity index (χ4v) is 3.79. The molecule has 1 aliphatic carbocycles. The van der Waals surface area contributed by atoms with E-state index in [0.29, 0.717) is 37.6 Å². The van der Waals surface area contributed by atoms with Gasteiger partial charge in [-0.25, -0.2) is 0 Å². The van der Waals surface area contributed by atoms with Crippen molar-refractivity contribution in [2.75, 3.05) is 6.61 Å². The molecule has 26 heavy (non-hydrogen) atoms. The van der Waals surface area contributed by atoms with E-state index in [9.17, 15) is 9.90 Å². The number of carboxylic acid groups (broad SMARTS) is 1. The maximum absolute atomic E-state index is 12.3. The highest BCUT2D eigenvalue weighted by atomic mass is 16.5. The van der Waals surface area contributed by atoms with Gasteiger partial charge in [-0.15, -0.1) is 0 Å². The highest BCUT2D eigenvalue weighted by molar-refractivity contribution is 5.83. The van der Waals surface area contributed by atoms with Crippen LogP contribution in [0.4, 0.5) is 0 Å². The van der Waals surface area contributed by atoms with Gasteiger partial charge in [-0.2, -0.15) is 0 Å². The summed E-state index contributed by atoms with van der Waals surface area (Å²) >= 11 is 0. The van der Waals surface area contributed by atoms with Crippen LogP contribution in [0.2, 0.25) is 0 Å². The van der Waals surface area contributed by atoms with Gasteiger partial charge in [-0.05, 0) is 31.4 Å². The predicted octanol–water partition coefficient (Wildman–Crippen LogP) is 4.95. The molecule has 4 nitrogen and oxygen atoms in total. The summed E-state index contributed by atoms with van der Waals surface area (Å²) in [4.78, 5) is 12.3. The van der Waals surface area contributed by atoms with Crippen LogP contribution in [0.25, 0.3) is 0 Å². The molecule has 0 bridgehead atoms. The van der Waals surface area contributed by atoms with Gasteiger partial charge >= 0.3 is 5.97 Å². The lowest BCUT2D eigenvalue weighted by Gasteiger charge is -2.35. The summed E-state index contributed by atoms with van der Waals surface area (Å²) in [5.41, 5.74) is 0.890. The van der Waals surface area contributed by atoms with E-state index in [1.54, 1.807) is 0 Å². The van der Waals surface area contributed by atoms with Crippen LogP contribution < -0.4 is 9.47 Å². The van der Waals surface area contributed by atoms with E-state index in [4.69, 9.17) is 9.47 Å². The Morgan fingerprint density at radius 3 is 2.38 bits per heavy atom. The van der Waals surface area contributed by atoms with Crippen LogP contribution in [0.1, 0.15) is 50.2 Å². The molecule has 0 radical (unpaired) electrons. The van der Waals surface area contributed by atoms with E-state index < -0.39 is 11.4 Å². The second-order valence-corrected chi connectivity index (χ2v) is 6.79. The minimum Gasteiger partial charge on any atom is -0.490 e. The number of benzene rings is 2. The standard InChI is InChI=1S/C22H26O4/c1-2-25-19-13-9-12-18(22(21(23)24)14-7-4-8-15-22)20(19)26-16-17-10-5-3-6-11-17/h3,5-6,9-13H,2,4,7-8,14-16H2,1H3,(H,23,24). The Balaban J connectivity index is 2.00. The maximum atomic E-state index is 12.3. The van der Waals surface area contributed by atoms with Gasteiger partial charge in [0.1, 0.15) is 6.61 Å². The fourth-order valence-electron chi connectivity index (χ4n) is 3.79. The molecule has 0 aliphatic heterocycles. The number of aliphatic carboxylic acids is 1. The van der Waals surface area contributed by atoms with Crippen LogP contribution >= 0.6 is 0 Å². The average molecular weight is 354 g/mol. The fraction of sp³-hybridized carbons (Fsp3) is 0.409. The van der Waals surface area contributed by atoms with Gasteiger partial charge in [0, 0.05) is 5.56 Å². The summed E-state index contributed by atoms with van der Waals surface area (Å²) in [6.07, 6.45) is 4.20. The van der Waals surface area contributed by atoms with E-state index in [1.807, 2.05) is 55.5 Å². The minimum absolute atomic E-state index is 0.383. The smallest absolute Gasteiger partial charge is 0.314 e. The number of hydrogen-bond acceptors (Lipinski definition) is 3. The molecule has 4 heteroatoms. The van der Waals surface area contributed by atoms with Crippen LogP contribution in [0.3, 0.4) is 0 Å². The average Bonchev–Trinajstić information content (AvgIpc) is 2.68. The summed E-state index contributed by atoms with van der Waals surface area (Å²) in [6.45, 7) is 2.81. The zero-order chi connectivity index (χ0) is 18.4. The number of ether oxygens (including phenoxy) is 2. The van der Waals surface area contributed by atoms with Crippen LogP contribution in [0.15, 0.2) is 48.5 Å². The molecule has 1 N–H and O–H groups in total. The van der Waals surface area contributed by atoms with Crippen molar-refractivity contribution < 1.29 is 19.4 Å². The Kier molecular flexibility index (Phi) is 5.82. The minimum atomic E-state index is -0.891. The quantitative estimate of drug-likeness (QED) is 0.764. The lowest BCUT2D eigenvalue weighted by Crippen LogP contribution is -2.38. The van der Waals surface area contributed by atoms with Crippen molar-refractivity contribution in [1.82, 2.24) is 0 Å². The van der Waals surface area contributed by atoms with Gasteiger partial charge in [-0.3, -0.25) is 4.79 Å². The number of rotatable bonds is 7. The van der Waals surface area contributed by atoms with Crippen molar-refractivity contribution >= 4 is 5.97 Å². The lowest BCUT2D eigenvalue weighted by atomic mass is 9.69. The normalized spacial score (nSPS) is 16.0. The Bertz CT molecular complexity index is 733. The molecule has 2 aromatic rings. The summed E-state index contributed by atoms with van der Waals surface area (Å²) in [6, 6.07) is 15.5. The zero-order valence-electron chi connectivity index (χ0n) is 15.2. The Morgan fingerprint density at radius 1 is 1.00 bits per heavy atom. The third-order valence-electron chi connectivity index (χ3n) is 5.14. The monoisotopic (exact) mass is 354 g/mol. The number of para-hydroxylation sites is 1. The molecule has 1 aliphatic rings. The maximum Gasteiger partial charge on any atom is 0.314 e. The molecule has 138 valence electrons. The molecule has 2 aromatic carbocycles. The molecule has 0 atom stereocenters. The van der Waals surface area contributed by atoms with Gasteiger partial charge in [0.25, 0.3) is 0 Å². The van der Waals surface area contributed by atoms with Crippen molar-refractivity contribution in [3.8, 4) is 11.5 Å². The van der Waals surface area contributed by atoms with Gasteiger partial charge in [0.2, 0.25) is 0 Å². The Morgan fingerprint density at radius 2 is 1.73 bits per heavy atom. The lowest BCUT2D eigenvalue weighted by molar-refractivity contribution is -0.145. The number of carbonyl (C=O) groups is 1. The van der Waals surface area contributed by atoms with Crippen molar-refractivity contribution in [3.05, 3.63) is 59.7 Å². The number of carboxylic acids is 1. The molecular formula is C22H26O4. The molecule has 0 heterocycles. The zero-order valence-corrected chi connectivity index (χ0v) is 15.2. The van der Waals surface area contributed by atoms with Crippen molar-refractivity contribution in [3.63, 3.8) is 0 Å². The molecule has 1 fully saturated rings. The third-order valence-corrected chi connectivity index (χ3v) is 5.14. The number of hydrogen-bond donors (Lipinski definition) is 1. The second kappa shape index (κ2) is 8.26. The van der Waals surface area contributed by atoms with Crippen LogP contribution in [-0.4, -0.2) is 17.7 Å². The molecule has 0 aromatic heterocycles. The SMILES string of the molecule is CCOc1cccc(C2(C(=O)O)CCCCC2)c1OCc1ccccc1. The first-order valence-electron chi connectivity index (χ1n) is 9.34. The molecule has 0 spiro atoms. The van der Waals surface area contributed by atoms with Gasteiger partial charge in [0.05, 0.1) is 12.0 Å². The molecule has 0 amide bonds. The summed E-state index contributed by atoms with van der Waals surface area (Å²) < 4.78 is 11.9. The van der Waals surface area contributed by atoms with Gasteiger partial charge in [0.15, 0.2) is 11.5 Å². The summed E-state index contributed by atoms with van der Waals surface area (Å²) in [5.74, 6) is 0.421. The van der Waals surface area contributed by atoms with E-state index in [-0.39, 0.29) is 0 Å². The Hall–Kier alpha value is -2.49. The van der Waals surface area contributed by atoms with Crippen LogP contribution in [0, 0.1) is 0 Å². The molecule has 0 unspecified atom stereocenters. The largest absolute Gasteiger partial charge is 0.490 e. The Labute approximate surface area is 154 Å². The van der Waals surface area contributed by atoms with E-state index in [2.05, 4.69) is 0 Å². The first kappa shape index (κ1) is 18.3. The van der Waals surface area contributed by atoms with Crippen LogP contribution in [0.5, 0.6) is 11.5 Å². The summed E-state index contributed by atoms with van der Waals surface area (Å²) in [5, 5.41) is 10.1. The summed E-state index contributed by atoms with van der Waals surface area (Å²) in [7, 11) is 0. The van der Waals surface area contributed by atoms with E-state index in [1.165, 1.54) is 0 Å². The van der Waals surface area contributed by atoms with Gasteiger partial charge in [-0.1, -0.05) is 61.7 Å². The molecule has 1 saturated carbocycles. The first-order chi connectivity index (χ1) is 12.7. The third kappa shape index (κ3) is 3.69. The second-order valence-electron chi connectivity index (χ2n) is 6.79. The van der Waals surface area contributed by atoms with Crippen molar-refractivity contribution in [1.29, 1.82) is 0 Å². The topological polar surface area (TPSA) is 55.8 Å². The molecule has 3 rings (SSSR count). The van der Waals surface area contributed by atoms with Crippen molar-refractivity contribution in [2.45, 2.75) is 51.0 Å². The predicted molar refractivity (Wildman–Crippen MR) is 101 cm³/mol. The van der Waals surface area contributed by atoms with Crippen LogP contribution in [-0.2, 0) is 16.8 Å². The van der Waals surface area contributed by atoms with E-state index >= 15 is 0 Å². The highest BCUT2D eigenvalue weighted by Gasteiger charge is 2.44. The van der Waals surface area contributed by atoms with E-state index in [0.717, 1.165) is 30.4 Å². The molecular weight excluding hydrogens is 328 g/mol. The highest BCUT2D eigenvalue weighted by Crippen LogP contribution is 2.46. The molecule has 0 saturated heterocycles. The first-order valence-corrected chi connectivity index (χ1v) is 9.34.